The van der Waals surface area contributed by atoms with Crippen LogP contribution in [0.4, 0.5) is 0 Å². The van der Waals surface area contributed by atoms with Crippen molar-refractivity contribution in [2.75, 3.05) is 0 Å². The predicted molar refractivity (Wildman–Crippen MR) is 97.0 cm³/mol. The highest BCUT2D eigenvalue weighted by Gasteiger charge is 2.41. The van der Waals surface area contributed by atoms with Crippen molar-refractivity contribution in [3.8, 4) is 0 Å². The Kier molecular flexibility index (Phi) is 4.96. The number of benzene rings is 1. The first kappa shape index (κ1) is 16.7. The van der Waals surface area contributed by atoms with E-state index in [2.05, 4.69) is 79.8 Å². The molecule has 1 aliphatic heterocycles. The van der Waals surface area contributed by atoms with Gasteiger partial charge in [-0.3, -0.25) is 0 Å². The molecule has 1 nitrogen and oxygen atoms in total. The number of allylic oxidation sites excluding steroid dienone is 1. The molecule has 1 aliphatic rings. The number of halogens is 1. The third-order valence-corrected chi connectivity index (χ3v) is 6.60. The highest BCUT2D eigenvalue weighted by molar-refractivity contribution is 9.10. The van der Waals surface area contributed by atoms with Crippen molar-refractivity contribution in [1.82, 2.24) is 0 Å². The van der Waals surface area contributed by atoms with Crippen molar-refractivity contribution >= 4 is 24.2 Å². The van der Waals surface area contributed by atoms with Gasteiger partial charge < -0.3 is 4.43 Å². The third-order valence-electron chi connectivity index (χ3n) is 3.94. The minimum absolute atomic E-state index is 0.251. The van der Waals surface area contributed by atoms with Gasteiger partial charge in [-0.15, -0.1) is 6.58 Å². The fourth-order valence-electron chi connectivity index (χ4n) is 3.15. The molecule has 1 aromatic rings. The van der Waals surface area contributed by atoms with E-state index >= 15 is 0 Å². The molecular formula is C18H25BrOSi. The van der Waals surface area contributed by atoms with Gasteiger partial charge in [0.25, 0.3) is 0 Å². The SMILES string of the molecule is C=C(C)C[C@]1(c2ccc(Br)cc2)CC(C)=CC[Si](C)(C)O1. The fourth-order valence-corrected chi connectivity index (χ4v) is 5.66. The van der Waals surface area contributed by atoms with E-state index in [0.717, 1.165) is 23.4 Å². The molecule has 1 atom stereocenters. The van der Waals surface area contributed by atoms with E-state index in [0.29, 0.717) is 0 Å². The van der Waals surface area contributed by atoms with E-state index in [1.54, 1.807) is 0 Å². The molecule has 2 rings (SSSR count). The van der Waals surface area contributed by atoms with Crippen molar-refractivity contribution < 1.29 is 4.43 Å². The Balaban J connectivity index is 2.52. The van der Waals surface area contributed by atoms with Gasteiger partial charge in [0.2, 0.25) is 0 Å². The van der Waals surface area contributed by atoms with Crippen molar-refractivity contribution in [3.05, 3.63) is 58.1 Å². The van der Waals surface area contributed by atoms with Gasteiger partial charge in [0.1, 0.15) is 0 Å². The average Bonchev–Trinajstić information content (AvgIpc) is 2.46. The topological polar surface area (TPSA) is 9.23 Å². The molecule has 0 radical (unpaired) electrons. The Bertz CT molecular complexity index is 559. The Morgan fingerprint density at radius 1 is 1.33 bits per heavy atom. The van der Waals surface area contributed by atoms with Gasteiger partial charge in [0, 0.05) is 17.3 Å². The zero-order valence-electron chi connectivity index (χ0n) is 13.5. The quantitative estimate of drug-likeness (QED) is 0.459. The summed E-state index contributed by atoms with van der Waals surface area (Å²) in [5, 5.41) is 0. The zero-order chi connectivity index (χ0) is 15.7. The summed E-state index contributed by atoms with van der Waals surface area (Å²) in [6, 6.07) is 9.69. The highest BCUT2D eigenvalue weighted by Crippen LogP contribution is 2.43. The number of hydrogen-bond donors (Lipinski definition) is 0. The monoisotopic (exact) mass is 364 g/mol. The molecule has 0 unspecified atom stereocenters. The summed E-state index contributed by atoms with van der Waals surface area (Å²) in [7, 11) is -1.71. The maximum Gasteiger partial charge on any atom is 0.191 e. The second-order valence-electron chi connectivity index (χ2n) is 6.93. The molecule has 3 heteroatoms. The Morgan fingerprint density at radius 2 is 1.95 bits per heavy atom. The fraction of sp³-hybridized carbons (Fsp3) is 0.444. The normalized spacial score (nSPS) is 25.1. The van der Waals surface area contributed by atoms with Crippen LogP contribution in [0, 0.1) is 0 Å². The van der Waals surface area contributed by atoms with Crippen LogP contribution in [0.1, 0.15) is 32.3 Å². The first-order valence-electron chi connectivity index (χ1n) is 7.49. The van der Waals surface area contributed by atoms with Gasteiger partial charge in [0.15, 0.2) is 8.32 Å². The molecule has 0 spiro atoms. The summed E-state index contributed by atoms with van der Waals surface area (Å²) in [4.78, 5) is 0. The minimum Gasteiger partial charge on any atom is -0.407 e. The molecule has 114 valence electrons. The lowest BCUT2D eigenvalue weighted by Crippen LogP contribution is -2.41. The summed E-state index contributed by atoms with van der Waals surface area (Å²) >= 11 is 3.53. The van der Waals surface area contributed by atoms with E-state index in [1.165, 1.54) is 16.7 Å². The van der Waals surface area contributed by atoms with Gasteiger partial charge in [-0.05, 0) is 50.7 Å². The van der Waals surface area contributed by atoms with Crippen molar-refractivity contribution in [2.24, 2.45) is 0 Å². The molecule has 0 aliphatic carbocycles. The van der Waals surface area contributed by atoms with Crippen LogP contribution in [0.15, 0.2) is 52.5 Å². The summed E-state index contributed by atoms with van der Waals surface area (Å²) in [6.45, 7) is 13.1. The molecule has 1 aromatic carbocycles. The molecule has 0 bridgehead atoms. The van der Waals surface area contributed by atoms with Crippen LogP contribution in [0.3, 0.4) is 0 Å². The van der Waals surface area contributed by atoms with E-state index in [1.807, 2.05) is 0 Å². The second-order valence-corrected chi connectivity index (χ2v) is 12.0. The lowest BCUT2D eigenvalue weighted by molar-refractivity contribution is 0.0593. The van der Waals surface area contributed by atoms with Gasteiger partial charge in [-0.2, -0.15) is 0 Å². The van der Waals surface area contributed by atoms with E-state index in [9.17, 15) is 0 Å². The Morgan fingerprint density at radius 3 is 2.52 bits per heavy atom. The van der Waals surface area contributed by atoms with Gasteiger partial charge in [-0.25, -0.2) is 0 Å². The molecule has 1 heterocycles. The number of hydrogen-bond acceptors (Lipinski definition) is 1. The van der Waals surface area contributed by atoms with Crippen LogP contribution in [0.5, 0.6) is 0 Å². The molecule has 0 N–H and O–H groups in total. The maximum absolute atomic E-state index is 6.80. The van der Waals surface area contributed by atoms with Crippen LogP contribution in [-0.2, 0) is 10.0 Å². The number of rotatable bonds is 3. The van der Waals surface area contributed by atoms with Crippen molar-refractivity contribution in [3.63, 3.8) is 0 Å². The van der Waals surface area contributed by atoms with Crippen LogP contribution in [0.2, 0.25) is 19.1 Å². The zero-order valence-corrected chi connectivity index (χ0v) is 16.1. The smallest absolute Gasteiger partial charge is 0.191 e. The van der Waals surface area contributed by atoms with Crippen LogP contribution in [0.25, 0.3) is 0 Å². The van der Waals surface area contributed by atoms with Crippen molar-refractivity contribution in [2.45, 2.75) is 51.4 Å². The average molecular weight is 365 g/mol. The van der Waals surface area contributed by atoms with E-state index in [-0.39, 0.29) is 5.60 Å². The Labute approximate surface area is 138 Å². The van der Waals surface area contributed by atoms with Gasteiger partial charge in [0.05, 0.1) is 5.60 Å². The van der Waals surface area contributed by atoms with Crippen LogP contribution < -0.4 is 0 Å². The van der Waals surface area contributed by atoms with Crippen LogP contribution >= 0.6 is 15.9 Å². The summed E-state index contributed by atoms with van der Waals surface area (Å²) in [5.41, 5.74) is 3.62. The predicted octanol–water partition coefficient (Wildman–Crippen LogP) is 6.18. The maximum atomic E-state index is 6.80. The molecule has 21 heavy (non-hydrogen) atoms. The van der Waals surface area contributed by atoms with E-state index < -0.39 is 8.32 Å². The largest absolute Gasteiger partial charge is 0.407 e. The standard InChI is InChI=1S/C18H25BrOSi/c1-14(2)12-18(16-6-8-17(19)9-7-16)13-15(3)10-11-21(4,5)20-18/h6-10H,1,11-13H2,2-5H3/t18-/m1/s1. The first-order valence-corrected chi connectivity index (χ1v) is 11.4. The first-order chi connectivity index (χ1) is 9.72. The third kappa shape index (κ3) is 4.18. The van der Waals surface area contributed by atoms with Crippen LogP contribution in [-0.4, -0.2) is 8.32 Å². The summed E-state index contributed by atoms with van der Waals surface area (Å²) in [5.74, 6) is 0. The summed E-state index contributed by atoms with van der Waals surface area (Å²) < 4.78 is 7.91. The molecular weight excluding hydrogens is 340 g/mol. The molecule has 0 amide bonds. The van der Waals surface area contributed by atoms with E-state index in [4.69, 9.17) is 4.43 Å². The lowest BCUT2D eigenvalue weighted by Gasteiger charge is -2.40. The Hall–Kier alpha value is -0.643. The minimum atomic E-state index is -1.71. The molecule has 0 saturated heterocycles. The van der Waals surface area contributed by atoms with Gasteiger partial charge >= 0.3 is 0 Å². The molecule has 0 saturated carbocycles. The van der Waals surface area contributed by atoms with Crippen molar-refractivity contribution in [1.29, 1.82) is 0 Å². The highest BCUT2D eigenvalue weighted by atomic mass is 79.9. The summed E-state index contributed by atoms with van der Waals surface area (Å²) in [6.07, 6.45) is 4.22. The molecule has 0 fully saturated rings. The second kappa shape index (κ2) is 6.23. The van der Waals surface area contributed by atoms with Gasteiger partial charge in [-0.1, -0.05) is 45.3 Å². The lowest BCUT2D eigenvalue weighted by atomic mass is 9.82. The molecule has 0 aromatic heterocycles.